The Labute approximate surface area is 35.3 Å². The Balaban J connectivity index is 2.37. The number of carbonyl (C=O) groups is 1. The van der Waals surface area contributed by atoms with E-state index in [1.165, 1.54) is 0 Å². The van der Waals surface area contributed by atoms with Crippen molar-refractivity contribution in [3.8, 4) is 0 Å². The van der Waals surface area contributed by atoms with Crippen molar-refractivity contribution in [2.45, 2.75) is 0 Å². The molecule has 3 nitrogen and oxygen atoms in total. The topological polar surface area (TPSA) is 38.3 Å². The highest BCUT2D eigenvalue weighted by molar-refractivity contribution is 5.84. The van der Waals surface area contributed by atoms with Crippen LogP contribution < -0.4 is 5.32 Å². The molecule has 0 saturated carbocycles. The van der Waals surface area contributed by atoms with E-state index in [0.717, 1.165) is 6.61 Å². The molecule has 0 aromatic carbocycles. The first-order valence-corrected chi connectivity index (χ1v) is 1.62. The number of carbonyl (C=O) groups excluding carboxylic acids is 1. The molecule has 0 aromatic rings. The normalized spacial score (nSPS) is 21.0. The molecule has 0 atom stereocenters. The molecule has 6 heavy (non-hydrogen) atoms. The second-order valence-electron chi connectivity index (χ2n) is 0.970. The molecule has 1 saturated heterocycles. The molecule has 3 heteroatoms. The van der Waals surface area contributed by atoms with Gasteiger partial charge in [0.05, 0.1) is 0 Å². The lowest BCUT2D eigenvalue weighted by atomic mass is 10.7. The third-order valence-electron chi connectivity index (χ3n) is 0.520. The van der Waals surface area contributed by atoms with Crippen LogP contribution in [-0.2, 0) is 9.53 Å². The Morgan fingerprint density at radius 3 is 3.00 bits per heavy atom. The maximum absolute atomic E-state index is 9.95. The zero-order chi connectivity index (χ0) is 4.41. The van der Waals surface area contributed by atoms with Crippen LogP contribution in [0.2, 0.25) is 0 Å². The van der Waals surface area contributed by atoms with Gasteiger partial charge in [-0.15, -0.1) is 0 Å². The zero-order valence-electron chi connectivity index (χ0n) is 3.10. The summed E-state index contributed by atoms with van der Waals surface area (Å²) in [7, 11) is 0. The highest BCUT2D eigenvalue weighted by atomic mass is 16.5. The van der Waals surface area contributed by atoms with E-state index in [2.05, 4.69) is 10.1 Å². The van der Waals surface area contributed by atoms with E-state index < -0.39 is 0 Å². The van der Waals surface area contributed by atoms with Crippen molar-refractivity contribution in [2.24, 2.45) is 0 Å². The second-order valence-corrected chi connectivity index (χ2v) is 0.970. The van der Waals surface area contributed by atoms with Crippen LogP contribution in [0.15, 0.2) is 0 Å². The minimum atomic E-state index is -0.144. The van der Waals surface area contributed by atoms with Crippen LogP contribution in [0.1, 0.15) is 0 Å². The molecule has 0 spiro atoms. The van der Waals surface area contributed by atoms with Crippen LogP contribution in [0.25, 0.3) is 0 Å². The first kappa shape index (κ1) is 3.61. The van der Waals surface area contributed by atoms with Crippen LogP contribution in [0.3, 0.4) is 0 Å². The Morgan fingerprint density at radius 2 is 2.83 bits per heavy atom. The molecule has 1 heterocycles. The number of nitrogens with one attached hydrogen (secondary N) is 1. The SMILES string of the molecule is O=C1[CH]OCN1. The van der Waals surface area contributed by atoms with Crippen LogP contribution in [-0.4, -0.2) is 12.6 Å². The van der Waals surface area contributed by atoms with Crippen molar-refractivity contribution in [3.05, 3.63) is 6.61 Å². The summed E-state index contributed by atoms with van der Waals surface area (Å²) in [6.45, 7) is 1.48. The fraction of sp³-hybridized carbons (Fsp3) is 0.333. The maximum atomic E-state index is 9.95. The molecular formula is C3H4NO2. The molecule has 0 bridgehead atoms. The van der Waals surface area contributed by atoms with Crippen LogP contribution in [0, 0.1) is 6.61 Å². The van der Waals surface area contributed by atoms with Gasteiger partial charge in [0.2, 0.25) is 0 Å². The molecular weight excluding hydrogens is 82.0 g/mol. The number of rotatable bonds is 0. The van der Waals surface area contributed by atoms with Gasteiger partial charge in [0.1, 0.15) is 6.73 Å². The lowest BCUT2D eigenvalue weighted by molar-refractivity contribution is -0.117. The van der Waals surface area contributed by atoms with Crippen molar-refractivity contribution in [2.75, 3.05) is 6.73 Å². The Bertz CT molecular complexity index is 63.2. The predicted molar refractivity (Wildman–Crippen MR) is 18.4 cm³/mol. The van der Waals surface area contributed by atoms with E-state index in [0.29, 0.717) is 6.73 Å². The summed E-state index contributed by atoms with van der Waals surface area (Å²) < 4.78 is 4.47. The minimum Gasteiger partial charge on any atom is -0.345 e. The fourth-order valence-electron chi connectivity index (χ4n) is 0.272. The average molecular weight is 86.1 g/mol. The summed E-state index contributed by atoms with van der Waals surface area (Å²) in [5.41, 5.74) is 0. The summed E-state index contributed by atoms with van der Waals surface area (Å²) in [6, 6.07) is 0. The first-order chi connectivity index (χ1) is 2.89. The number of hydrogen-bond donors (Lipinski definition) is 1. The largest absolute Gasteiger partial charge is 0.345 e. The van der Waals surface area contributed by atoms with Crippen molar-refractivity contribution in [3.63, 3.8) is 0 Å². The van der Waals surface area contributed by atoms with Gasteiger partial charge < -0.3 is 10.1 Å². The fourth-order valence-corrected chi connectivity index (χ4v) is 0.272. The Morgan fingerprint density at radius 1 is 2.00 bits per heavy atom. The monoisotopic (exact) mass is 86.0 g/mol. The summed E-state index contributed by atoms with van der Waals surface area (Å²) in [5, 5.41) is 2.40. The smallest absolute Gasteiger partial charge is 0.254 e. The van der Waals surface area contributed by atoms with E-state index in [9.17, 15) is 4.79 Å². The van der Waals surface area contributed by atoms with Crippen molar-refractivity contribution < 1.29 is 9.53 Å². The number of amides is 1. The maximum Gasteiger partial charge on any atom is 0.254 e. The van der Waals surface area contributed by atoms with E-state index in [4.69, 9.17) is 0 Å². The van der Waals surface area contributed by atoms with Crippen LogP contribution >= 0.6 is 0 Å². The van der Waals surface area contributed by atoms with Gasteiger partial charge in [0.25, 0.3) is 5.91 Å². The Kier molecular flexibility index (Phi) is 0.759. The van der Waals surface area contributed by atoms with Gasteiger partial charge in [-0.2, -0.15) is 0 Å². The average Bonchev–Trinajstić information content (AvgIpc) is 1.86. The highest BCUT2D eigenvalue weighted by Crippen LogP contribution is 1.86. The third-order valence-corrected chi connectivity index (χ3v) is 0.520. The quantitative estimate of drug-likeness (QED) is 0.421. The van der Waals surface area contributed by atoms with Gasteiger partial charge in [-0.1, -0.05) is 0 Å². The van der Waals surface area contributed by atoms with Crippen LogP contribution in [0.4, 0.5) is 0 Å². The minimum absolute atomic E-state index is 0.144. The number of hydrogen-bond acceptors (Lipinski definition) is 2. The van der Waals surface area contributed by atoms with Gasteiger partial charge in [-0.25, -0.2) is 0 Å². The standard InChI is InChI=1S/C3H4NO2/c5-3-1-6-2-4-3/h1H,2H2,(H,4,5). The summed E-state index contributed by atoms with van der Waals surface area (Å²) in [5.74, 6) is -0.144. The zero-order valence-corrected chi connectivity index (χ0v) is 3.10. The second kappa shape index (κ2) is 1.26. The molecule has 1 N–H and O–H groups in total. The van der Waals surface area contributed by atoms with E-state index in [1.807, 2.05) is 0 Å². The molecule has 1 aliphatic heterocycles. The summed E-state index contributed by atoms with van der Waals surface area (Å²) >= 11 is 0. The molecule has 0 aromatic heterocycles. The van der Waals surface area contributed by atoms with Gasteiger partial charge >= 0.3 is 0 Å². The molecule has 1 fully saturated rings. The van der Waals surface area contributed by atoms with Gasteiger partial charge in [0, 0.05) is 0 Å². The lowest BCUT2D eigenvalue weighted by Crippen LogP contribution is -2.12. The summed E-state index contributed by atoms with van der Waals surface area (Å²) in [6.07, 6.45) is 0. The van der Waals surface area contributed by atoms with Crippen molar-refractivity contribution in [1.82, 2.24) is 5.32 Å². The molecule has 1 aliphatic rings. The number of ether oxygens (including phenoxy) is 1. The molecule has 1 rings (SSSR count). The first-order valence-electron chi connectivity index (χ1n) is 1.62. The molecule has 1 radical (unpaired) electrons. The van der Waals surface area contributed by atoms with E-state index in [-0.39, 0.29) is 5.91 Å². The van der Waals surface area contributed by atoms with E-state index in [1.54, 1.807) is 0 Å². The van der Waals surface area contributed by atoms with E-state index >= 15 is 0 Å². The van der Waals surface area contributed by atoms with Gasteiger partial charge in [0.15, 0.2) is 6.61 Å². The van der Waals surface area contributed by atoms with Crippen LogP contribution in [0.5, 0.6) is 0 Å². The molecule has 0 unspecified atom stereocenters. The lowest BCUT2D eigenvalue weighted by Gasteiger charge is -1.77. The molecule has 0 aliphatic carbocycles. The van der Waals surface area contributed by atoms with Crippen molar-refractivity contribution >= 4 is 5.91 Å². The van der Waals surface area contributed by atoms with Crippen molar-refractivity contribution in [1.29, 1.82) is 0 Å². The predicted octanol–water partition coefficient (Wildman–Crippen LogP) is -0.748. The Hall–Kier alpha value is -0.570. The molecule has 33 valence electrons. The molecule has 1 amide bonds. The third kappa shape index (κ3) is 0.490. The van der Waals surface area contributed by atoms with Gasteiger partial charge in [-0.05, 0) is 0 Å². The van der Waals surface area contributed by atoms with Gasteiger partial charge in [-0.3, -0.25) is 4.79 Å². The highest BCUT2D eigenvalue weighted by Gasteiger charge is 2.06. The summed E-state index contributed by atoms with van der Waals surface area (Å²) in [4.78, 5) is 9.95.